The number of carbonyl (C=O) groups is 1. The highest BCUT2D eigenvalue weighted by molar-refractivity contribution is 7.13. The topological polar surface area (TPSA) is 63.5 Å². The molecule has 30 heavy (non-hydrogen) atoms. The number of aromatic nitrogens is 3. The number of ether oxygens (including phenoxy) is 1. The second kappa shape index (κ2) is 9.51. The maximum atomic E-state index is 13.5. The van der Waals surface area contributed by atoms with E-state index in [0.29, 0.717) is 12.2 Å². The molecule has 4 rings (SSSR count). The van der Waals surface area contributed by atoms with Crippen molar-refractivity contribution in [2.45, 2.75) is 19.5 Å². The van der Waals surface area contributed by atoms with Gasteiger partial charge in [-0.1, -0.05) is 30.3 Å². The van der Waals surface area contributed by atoms with E-state index in [2.05, 4.69) is 34.0 Å². The zero-order valence-electron chi connectivity index (χ0n) is 17.4. The minimum absolute atomic E-state index is 0.0361. The third-order valence-electron chi connectivity index (χ3n) is 5.29. The van der Waals surface area contributed by atoms with Crippen LogP contribution in [0, 0.1) is 0 Å². The van der Waals surface area contributed by atoms with Gasteiger partial charge >= 0.3 is 0 Å². The smallest absolute Gasteiger partial charge is 0.273 e. The summed E-state index contributed by atoms with van der Waals surface area (Å²) in [5, 5.41) is 6.87. The Bertz CT molecular complexity index is 965. The predicted molar refractivity (Wildman–Crippen MR) is 117 cm³/mol. The van der Waals surface area contributed by atoms with Gasteiger partial charge in [0.1, 0.15) is 10.7 Å². The lowest BCUT2D eigenvalue weighted by Gasteiger charge is -2.35. The first kappa shape index (κ1) is 20.7. The Morgan fingerprint density at radius 1 is 1.27 bits per heavy atom. The molecule has 1 unspecified atom stereocenters. The van der Waals surface area contributed by atoms with E-state index in [1.54, 1.807) is 10.9 Å². The highest BCUT2D eigenvalue weighted by Gasteiger charge is 2.26. The lowest BCUT2D eigenvalue weighted by Crippen LogP contribution is -2.48. The van der Waals surface area contributed by atoms with Crippen LogP contribution >= 0.6 is 11.3 Å². The molecule has 0 N–H and O–H groups in total. The number of hydrogen-bond acceptors (Lipinski definition) is 6. The van der Waals surface area contributed by atoms with E-state index in [0.717, 1.165) is 49.0 Å². The van der Waals surface area contributed by atoms with Crippen LogP contribution in [0.2, 0.25) is 0 Å². The fourth-order valence-corrected chi connectivity index (χ4v) is 4.42. The molecule has 1 saturated heterocycles. The minimum atomic E-state index is -0.0361. The second-order valence-corrected chi connectivity index (χ2v) is 8.48. The molecule has 1 amide bonds. The zero-order chi connectivity index (χ0) is 20.9. The summed E-state index contributed by atoms with van der Waals surface area (Å²) in [5.41, 5.74) is 2.53. The molecule has 1 aliphatic heterocycles. The molecule has 1 atom stereocenters. The van der Waals surface area contributed by atoms with Crippen LogP contribution in [-0.4, -0.2) is 69.4 Å². The van der Waals surface area contributed by atoms with Crippen LogP contribution in [0.5, 0.6) is 0 Å². The molecule has 3 heterocycles. The molecule has 158 valence electrons. The molecule has 0 radical (unpaired) electrons. The van der Waals surface area contributed by atoms with E-state index >= 15 is 0 Å². The third-order valence-corrected chi connectivity index (χ3v) is 6.18. The van der Waals surface area contributed by atoms with Gasteiger partial charge in [-0.3, -0.25) is 14.4 Å². The van der Waals surface area contributed by atoms with Gasteiger partial charge in [0.15, 0.2) is 0 Å². The highest BCUT2D eigenvalue weighted by Crippen LogP contribution is 2.24. The Morgan fingerprint density at radius 2 is 2.03 bits per heavy atom. The standard InChI is InChI=1S/C22H27N5O2S/c1-17(13-26-8-10-29-11-9-26)27(14-18-6-4-3-5-7-18)22(28)20-16-30-21(24-20)19-12-23-25(2)15-19/h3-7,12,15-17H,8-11,13-14H2,1-2H3. The normalized spacial score (nSPS) is 15.8. The summed E-state index contributed by atoms with van der Waals surface area (Å²) in [6, 6.07) is 10.2. The lowest BCUT2D eigenvalue weighted by molar-refractivity contribution is 0.0227. The molecule has 1 fully saturated rings. The van der Waals surface area contributed by atoms with Crippen LogP contribution in [0.1, 0.15) is 23.0 Å². The number of benzene rings is 1. The summed E-state index contributed by atoms with van der Waals surface area (Å²) in [6.07, 6.45) is 3.69. The van der Waals surface area contributed by atoms with Crippen molar-refractivity contribution >= 4 is 17.2 Å². The molecule has 8 heteroatoms. The maximum absolute atomic E-state index is 13.5. The van der Waals surface area contributed by atoms with E-state index in [1.807, 2.05) is 41.7 Å². The molecule has 3 aromatic rings. The number of thiazole rings is 1. The first-order valence-electron chi connectivity index (χ1n) is 10.2. The third kappa shape index (κ3) is 4.95. The molecule has 1 aliphatic rings. The van der Waals surface area contributed by atoms with E-state index in [9.17, 15) is 4.79 Å². The number of rotatable bonds is 7. The molecular formula is C22H27N5O2S. The van der Waals surface area contributed by atoms with Crippen LogP contribution < -0.4 is 0 Å². The fourth-order valence-electron chi connectivity index (χ4n) is 3.65. The van der Waals surface area contributed by atoms with E-state index < -0.39 is 0 Å². The van der Waals surface area contributed by atoms with Crippen molar-refractivity contribution in [2.24, 2.45) is 7.05 Å². The molecule has 0 saturated carbocycles. The lowest BCUT2D eigenvalue weighted by atomic mass is 10.1. The van der Waals surface area contributed by atoms with Crippen LogP contribution in [0.4, 0.5) is 0 Å². The van der Waals surface area contributed by atoms with E-state index in [1.165, 1.54) is 11.3 Å². The Balaban J connectivity index is 1.54. The van der Waals surface area contributed by atoms with E-state index in [4.69, 9.17) is 4.74 Å². The number of carbonyl (C=O) groups excluding carboxylic acids is 1. The van der Waals surface area contributed by atoms with Crippen molar-refractivity contribution in [3.63, 3.8) is 0 Å². The molecule has 7 nitrogen and oxygen atoms in total. The van der Waals surface area contributed by atoms with Crippen molar-refractivity contribution in [1.82, 2.24) is 24.6 Å². The summed E-state index contributed by atoms with van der Waals surface area (Å²) < 4.78 is 7.20. The van der Waals surface area contributed by atoms with Gasteiger partial charge in [-0.2, -0.15) is 5.10 Å². The number of hydrogen-bond donors (Lipinski definition) is 0. The number of nitrogens with zero attached hydrogens (tertiary/aromatic N) is 5. The minimum Gasteiger partial charge on any atom is -0.379 e. The van der Waals surface area contributed by atoms with Gasteiger partial charge in [0.2, 0.25) is 0 Å². The zero-order valence-corrected chi connectivity index (χ0v) is 18.2. The fraction of sp³-hybridized carbons (Fsp3) is 0.409. The Morgan fingerprint density at radius 3 is 2.73 bits per heavy atom. The van der Waals surface area contributed by atoms with Gasteiger partial charge < -0.3 is 9.64 Å². The molecule has 1 aromatic carbocycles. The first-order valence-corrected chi connectivity index (χ1v) is 11.1. The van der Waals surface area contributed by atoms with Crippen LogP contribution in [0.15, 0.2) is 48.1 Å². The Kier molecular flexibility index (Phi) is 6.56. The van der Waals surface area contributed by atoms with Crippen LogP contribution in [-0.2, 0) is 18.3 Å². The van der Waals surface area contributed by atoms with Gasteiger partial charge in [-0.05, 0) is 12.5 Å². The van der Waals surface area contributed by atoms with E-state index in [-0.39, 0.29) is 11.9 Å². The Hall–Kier alpha value is -2.55. The summed E-state index contributed by atoms with van der Waals surface area (Å²) in [6.45, 7) is 6.80. The SMILES string of the molecule is CC(CN1CCOCC1)N(Cc1ccccc1)C(=O)c1csc(-c2cnn(C)c2)n1. The predicted octanol–water partition coefficient (Wildman–Crippen LogP) is 2.91. The summed E-state index contributed by atoms with van der Waals surface area (Å²) in [5.74, 6) is -0.0361. The van der Waals surface area contributed by atoms with Crippen molar-refractivity contribution in [2.75, 3.05) is 32.8 Å². The highest BCUT2D eigenvalue weighted by atomic mass is 32.1. The first-order chi connectivity index (χ1) is 14.6. The summed E-state index contributed by atoms with van der Waals surface area (Å²) in [4.78, 5) is 22.4. The van der Waals surface area contributed by atoms with Gasteiger partial charge in [0.05, 0.1) is 19.4 Å². The molecule has 2 aromatic heterocycles. The second-order valence-electron chi connectivity index (χ2n) is 7.62. The number of aryl methyl sites for hydroxylation is 1. The molecule has 0 spiro atoms. The van der Waals surface area contributed by atoms with Crippen molar-refractivity contribution < 1.29 is 9.53 Å². The number of amides is 1. The van der Waals surface area contributed by atoms with Crippen LogP contribution in [0.3, 0.4) is 0 Å². The van der Waals surface area contributed by atoms with Gasteiger partial charge in [-0.15, -0.1) is 11.3 Å². The molecule has 0 bridgehead atoms. The summed E-state index contributed by atoms with van der Waals surface area (Å²) >= 11 is 1.48. The van der Waals surface area contributed by atoms with Crippen molar-refractivity contribution in [1.29, 1.82) is 0 Å². The average molecular weight is 426 g/mol. The quantitative estimate of drug-likeness (QED) is 0.582. The monoisotopic (exact) mass is 425 g/mol. The largest absolute Gasteiger partial charge is 0.379 e. The Labute approximate surface area is 180 Å². The van der Waals surface area contributed by atoms with Gasteiger partial charge in [0.25, 0.3) is 5.91 Å². The van der Waals surface area contributed by atoms with Crippen LogP contribution in [0.25, 0.3) is 10.6 Å². The molecule has 0 aliphatic carbocycles. The summed E-state index contributed by atoms with van der Waals surface area (Å²) in [7, 11) is 1.87. The number of morpholine rings is 1. The average Bonchev–Trinajstić information content (AvgIpc) is 3.42. The van der Waals surface area contributed by atoms with Crippen molar-refractivity contribution in [3.8, 4) is 10.6 Å². The maximum Gasteiger partial charge on any atom is 0.273 e. The van der Waals surface area contributed by atoms with Gasteiger partial charge in [-0.25, -0.2) is 4.98 Å². The van der Waals surface area contributed by atoms with Crippen molar-refractivity contribution in [3.05, 3.63) is 59.4 Å². The van der Waals surface area contributed by atoms with Gasteiger partial charge in [0, 0.05) is 56.4 Å². The molecular weight excluding hydrogens is 398 g/mol.